The minimum atomic E-state index is -0.220. The van der Waals surface area contributed by atoms with Crippen LogP contribution in [0.5, 0.6) is 5.75 Å². The van der Waals surface area contributed by atoms with Gasteiger partial charge in [-0.25, -0.2) is 4.98 Å². The minimum Gasteiger partial charge on any atom is -0.495 e. The molecule has 0 spiro atoms. The third kappa shape index (κ3) is 5.33. The maximum Gasteiger partial charge on any atom is 0.283 e. The molecule has 7 nitrogen and oxygen atoms in total. The van der Waals surface area contributed by atoms with Crippen molar-refractivity contribution in [3.8, 4) is 22.6 Å². The molecular formula is C31H30N4O3S. The van der Waals surface area contributed by atoms with E-state index in [1.165, 1.54) is 17.3 Å². The third-order valence-electron chi connectivity index (χ3n) is 6.61. The SMILES string of the molecule is CCc1ccc(-n2c(SCC(=O)Nc3cc(C)ccc3OC)nc3c(-c4ccccc4)cn(C)c3c2=O)cc1. The maximum absolute atomic E-state index is 14.0. The zero-order valence-electron chi connectivity index (χ0n) is 22.4. The fourth-order valence-electron chi connectivity index (χ4n) is 4.59. The molecule has 0 saturated heterocycles. The summed E-state index contributed by atoms with van der Waals surface area (Å²) in [7, 11) is 3.43. The van der Waals surface area contributed by atoms with Crippen LogP contribution in [0, 0.1) is 6.92 Å². The fourth-order valence-corrected chi connectivity index (χ4v) is 5.39. The molecule has 1 amide bonds. The lowest BCUT2D eigenvalue weighted by molar-refractivity contribution is -0.113. The Morgan fingerprint density at radius 1 is 1.05 bits per heavy atom. The Balaban J connectivity index is 1.57. The second kappa shape index (κ2) is 11.2. The van der Waals surface area contributed by atoms with Gasteiger partial charge in [0.25, 0.3) is 5.56 Å². The lowest BCUT2D eigenvalue weighted by Gasteiger charge is -2.14. The van der Waals surface area contributed by atoms with Crippen molar-refractivity contribution in [3.05, 3.63) is 100 Å². The van der Waals surface area contributed by atoms with E-state index in [0.29, 0.717) is 33.3 Å². The molecule has 0 fully saturated rings. The van der Waals surface area contributed by atoms with Gasteiger partial charge >= 0.3 is 0 Å². The van der Waals surface area contributed by atoms with Crippen LogP contribution in [0.25, 0.3) is 27.8 Å². The van der Waals surface area contributed by atoms with Crippen LogP contribution < -0.4 is 15.6 Å². The normalized spacial score (nSPS) is 11.1. The number of amides is 1. The highest BCUT2D eigenvalue weighted by Crippen LogP contribution is 2.31. The van der Waals surface area contributed by atoms with E-state index >= 15 is 0 Å². The highest BCUT2D eigenvalue weighted by Gasteiger charge is 2.21. The van der Waals surface area contributed by atoms with E-state index in [4.69, 9.17) is 9.72 Å². The van der Waals surface area contributed by atoms with Crippen molar-refractivity contribution in [2.75, 3.05) is 18.2 Å². The van der Waals surface area contributed by atoms with Crippen molar-refractivity contribution < 1.29 is 9.53 Å². The van der Waals surface area contributed by atoms with Crippen molar-refractivity contribution >= 4 is 34.4 Å². The monoisotopic (exact) mass is 538 g/mol. The molecule has 1 N–H and O–H groups in total. The topological polar surface area (TPSA) is 78.2 Å². The number of carbonyl (C=O) groups is 1. The van der Waals surface area contributed by atoms with Crippen LogP contribution in [0.3, 0.4) is 0 Å². The largest absolute Gasteiger partial charge is 0.495 e. The fraction of sp³-hybridized carbons (Fsp3) is 0.194. The molecule has 0 aliphatic rings. The molecule has 8 heteroatoms. The van der Waals surface area contributed by atoms with E-state index in [2.05, 4.69) is 12.2 Å². The van der Waals surface area contributed by atoms with Crippen LogP contribution in [-0.4, -0.2) is 32.9 Å². The molecular weight excluding hydrogens is 508 g/mol. The maximum atomic E-state index is 14.0. The molecule has 3 aromatic carbocycles. The second-order valence-electron chi connectivity index (χ2n) is 9.31. The molecule has 5 rings (SSSR count). The van der Waals surface area contributed by atoms with Crippen LogP contribution in [-0.2, 0) is 18.3 Å². The lowest BCUT2D eigenvalue weighted by Crippen LogP contribution is -2.24. The molecule has 0 atom stereocenters. The van der Waals surface area contributed by atoms with E-state index in [-0.39, 0.29) is 17.2 Å². The van der Waals surface area contributed by atoms with Gasteiger partial charge in [-0.05, 0) is 54.3 Å². The first-order valence-electron chi connectivity index (χ1n) is 12.7. The van der Waals surface area contributed by atoms with E-state index in [9.17, 15) is 9.59 Å². The van der Waals surface area contributed by atoms with Gasteiger partial charge in [0.2, 0.25) is 5.91 Å². The molecule has 5 aromatic rings. The van der Waals surface area contributed by atoms with Gasteiger partial charge in [-0.15, -0.1) is 0 Å². The Bertz CT molecular complexity index is 1710. The predicted octanol–water partition coefficient (Wildman–Crippen LogP) is 6.00. The average molecular weight is 539 g/mol. The number of fused-ring (bicyclic) bond motifs is 1. The summed E-state index contributed by atoms with van der Waals surface area (Å²) < 4.78 is 8.83. The van der Waals surface area contributed by atoms with Gasteiger partial charge in [-0.3, -0.25) is 14.2 Å². The average Bonchev–Trinajstić information content (AvgIpc) is 3.29. The molecule has 0 unspecified atom stereocenters. The zero-order valence-corrected chi connectivity index (χ0v) is 23.2. The Morgan fingerprint density at radius 2 is 1.79 bits per heavy atom. The van der Waals surface area contributed by atoms with Crippen LogP contribution in [0.1, 0.15) is 18.1 Å². The summed E-state index contributed by atoms with van der Waals surface area (Å²) in [6, 6.07) is 23.4. The first-order valence-corrected chi connectivity index (χ1v) is 13.7. The number of ether oxygens (including phenoxy) is 1. The van der Waals surface area contributed by atoms with Gasteiger partial charge in [0.15, 0.2) is 5.16 Å². The van der Waals surface area contributed by atoms with Crippen molar-refractivity contribution in [1.82, 2.24) is 14.1 Å². The first-order chi connectivity index (χ1) is 18.9. The number of anilines is 1. The molecule has 0 aliphatic carbocycles. The van der Waals surface area contributed by atoms with Crippen LogP contribution in [0.4, 0.5) is 5.69 Å². The minimum absolute atomic E-state index is 0.0651. The second-order valence-corrected chi connectivity index (χ2v) is 10.3. The molecule has 0 saturated carbocycles. The van der Waals surface area contributed by atoms with Crippen molar-refractivity contribution in [3.63, 3.8) is 0 Å². The summed E-state index contributed by atoms with van der Waals surface area (Å²) >= 11 is 1.23. The molecule has 0 aliphatic heterocycles. The molecule has 0 radical (unpaired) electrons. The number of thioether (sulfide) groups is 1. The van der Waals surface area contributed by atoms with E-state index in [1.807, 2.05) is 97.5 Å². The zero-order chi connectivity index (χ0) is 27.5. The standard InChI is InChI=1S/C31H30N4O3S/c1-5-21-12-14-23(15-13-21)35-30(37)29-28(24(18-34(29)3)22-9-7-6-8-10-22)33-31(35)39-19-27(36)32-25-17-20(2)11-16-26(25)38-4/h6-18H,5,19H2,1-4H3,(H,32,36). The van der Waals surface area contributed by atoms with Gasteiger partial charge in [0.1, 0.15) is 16.8 Å². The highest BCUT2D eigenvalue weighted by molar-refractivity contribution is 7.99. The molecule has 2 aromatic heterocycles. The predicted molar refractivity (Wildman–Crippen MR) is 158 cm³/mol. The number of hydrogen-bond acceptors (Lipinski definition) is 5. The van der Waals surface area contributed by atoms with Crippen molar-refractivity contribution in [1.29, 1.82) is 0 Å². The summed E-state index contributed by atoms with van der Waals surface area (Å²) in [5.74, 6) is 0.431. The number of methoxy groups -OCH3 is 1. The Morgan fingerprint density at radius 3 is 2.49 bits per heavy atom. The lowest BCUT2D eigenvalue weighted by atomic mass is 10.1. The molecule has 39 heavy (non-hydrogen) atoms. The Hall–Kier alpha value is -4.30. The number of carbonyl (C=O) groups excluding carboxylic acids is 1. The smallest absolute Gasteiger partial charge is 0.283 e. The number of aryl methyl sites for hydroxylation is 3. The Labute approximate surface area is 231 Å². The molecule has 2 heterocycles. The highest BCUT2D eigenvalue weighted by atomic mass is 32.2. The number of nitrogens with zero attached hydrogens (tertiary/aromatic N) is 3. The van der Waals surface area contributed by atoms with Crippen LogP contribution >= 0.6 is 11.8 Å². The van der Waals surface area contributed by atoms with E-state index in [0.717, 1.165) is 23.1 Å². The number of aromatic nitrogens is 3. The van der Waals surface area contributed by atoms with Gasteiger partial charge in [0, 0.05) is 18.8 Å². The van der Waals surface area contributed by atoms with Crippen LogP contribution in [0.2, 0.25) is 0 Å². The Kier molecular flexibility index (Phi) is 7.56. The van der Waals surface area contributed by atoms with E-state index in [1.54, 1.807) is 11.7 Å². The van der Waals surface area contributed by atoms with Gasteiger partial charge in [-0.2, -0.15) is 0 Å². The summed E-state index contributed by atoms with van der Waals surface area (Å²) in [5.41, 5.74) is 6.27. The quantitative estimate of drug-likeness (QED) is 0.194. The molecule has 0 bridgehead atoms. The first kappa shape index (κ1) is 26.3. The van der Waals surface area contributed by atoms with Crippen LogP contribution in [0.15, 0.2) is 88.9 Å². The van der Waals surface area contributed by atoms with Crippen molar-refractivity contribution in [2.45, 2.75) is 25.4 Å². The molecule has 198 valence electrons. The van der Waals surface area contributed by atoms with Gasteiger partial charge in [0.05, 0.1) is 24.2 Å². The van der Waals surface area contributed by atoms with Gasteiger partial charge in [-0.1, -0.05) is 67.2 Å². The summed E-state index contributed by atoms with van der Waals surface area (Å²) in [4.78, 5) is 32.0. The summed E-state index contributed by atoms with van der Waals surface area (Å²) in [6.07, 6.45) is 2.83. The summed E-state index contributed by atoms with van der Waals surface area (Å²) in [5, 5.41) is 3.39. The van der Waals surface area contributed by atoms with Gasteiger partial charge < -0.3 is 14.6 Å². The summed E-state index contributed by atoms with van der Waals surface area (Å²) in [6.45, 7) is 4.04. The number of rotatable bonds is 8. The van der Waals surface area contributed by atoms with Crippen molar-refractivity contribution in [2.24, 2.45) is 7.05 Å². The number of benzene rings is 3. The number of nitrogens with one attached hydrogen (secondary N) is 1. The number of hydrogen-bond donors (Lipinski definition) is 1. The van der Waals surface area contributed by atoms with E-state index < -0.39 is 0 Å². The third-order valence-corrected chi connectivity index (χ3v) is 7.55.